The summed E-state index contributed by atoms with van der Waals surface area (Å²) in [7, 11) is 0. The van der Waals surface area contributed by atoms with Crippen LogP contribution >= 0.6 is 0 Å². The van der Waals surface area contributed by atoms with Crippen LogP contribution in [0.5, 0.6) is 0 Å². The minimum absolute atomic E-state index is 0.110. The highest BCUT2D eigenvalue weighted by atomic mass is 16.5. The van der Waals surface area contributed by atoms with Crippen molar-refractivity contribution in [2.45, 2.75) is 32.9 Å². The zero-order valence-corrected chi connectivity index (χ0v) is 11.4. The van der Waals surface area contributed by atoms with E-state index in [0.29, 0.717) is 0 Å². The Morgan fingerprint density at radius 1 is 1.28 bits per heavy atom. The predicted octanol–water partition coefficient (Wildman–Crippen LogP) is 3.07. The summed E-state index contributed by atoms with van der Waals surface area (Å²) in [6, 6.07) is 8.48. The molecule has 0 radical (unpaired) electrons. The molecule has 0 aliphatic heterocycles. The minimum atomic E-state index is -0.110. The maximum Gasteiger partial charge on any atom is 0.0750 e. The molecular formula is C15H22N2O. The number of H-pyrrole nitrogens is 1. The summed E-state index contributed by atoms with van der Waals surface area (Å²) in [4.78, 5) is 3.23. The fourth-order valence-electron chi connectivity index (χ4n) is 2.24. The Labute approximate surface area is 109 Å². The quantitative estimate of drug-likeness (QED) is 0.822. The van der Waals surface area contributed by atoms with Gasteiger partial charge in [-0.05, 0) is 38.5 Å². The molecule has 0 saturated heterocycles. The van der Waals surface area contributed by atoms with E-state index in [1.165, 1.54) is 16.5 Å². The van der Waals surface area contributed by atoms with E-state index in [-0.39, 0.29) is 5.60 Å². The Kier molecular flexibility index (Phi) is 4.04. The van der Waals surface area contributed by atoms with Gasteiger partial charge in [0.1, 0.15) is 0 Å². The van der Waals surface area contributed by atoms with Gasteiger partial charge in [-0.2, -0.15) is 0 Å². The second-order valence-corrected chi connectivity index (χ2v) is 5.15. The van der Waals surface area contributed by atoms with Crippen LogP contribution in [0.15, 0.2) is 30.5 Å². The molecule has 2 N–H and O–H groups in total. The summed E-state index contributed by atoms with van der Waals surface area (Å²) in [6.07, 6.45) is 1.98. The molecule has 0 aliphatic rings. The highest BCUT2D eigenvalue weighted by Crippen LogP contribution is 2.17. The normalized spacial score (nSPS) is 12.2. The van der Waals surface area contributed by atoms with Crippen molar-refractivity contribution >= 4 is 10.9 Å². The van der Waals surface area contributed by atoms with Crippen molar-refractivity contribution in [2.75, 3.05) is 13.2 Å². The van der Waals surface area contributed by atoms with Crippen LogP contribution in [0.1, 0.15) is 26.3 Å². The van der Waals surface area contributed by atoms with Crippen LogP contribution in [0.25, 0.3) is 10.9 Å². The van der Waals surface area contributed by atoms with Crippen LogP contribution in [0.3, 0.4) is 0 Å². The number of hydrogen-bond donors (Lipinski definition) is 2. The van der Waals surface area contributed by atoms with E-state index in [2.05, 4.69) is 48.4 Å². The summed E-state index contributed by atoms with van der Waals surface area (Å²) >= 11 is 0. The molecule has 1 aromatic heterocycles. The zero-order valence-electron chi connectivity index (χ0n) is 11.4. The minimum Gasteiger partial charge on any atom is -0.375 e. The van der Waals surface area contributed by atoms with Gasteiger partial charge in [0.15, 0.2) is 0 Å². The largest absolute Gasteiger partial charge is 0.375 e. The van der Waals surface area contributed by atoms with E-state index >= 15 is 0 Å². The molecule has 2 aromatic rings. The molecule has 18 heavy (non-hydrogen) atoms. The van der Waals surface area contributed by atoms with E-state index in [1.54, 1.807) is 0 Å². The summed E-state index contributed by atoms with van der Waals surface area (Å²) < 4.78 is 5.67. The van der Waals surface area contributed by atoms with Crippen LogP contribution in [0.4, 0.5) is 0 Å². The molecule has 0 aliphatic carbocycles. The molecule has 0 spiro atoms. The molecule has 1 aromatic carbocycles. The Morgan fingerprint density at radius 3 is 2.89 bits per heavy atom. The highest BCUT2D eigenvalue weighted by Gasteiger charge is 2.16. The Bertz CT molecular complexity index is 502. The molecule has 0 fully saturated rings. The van der Waals surface area contributed by atoms with Gasteiger partial charge in [-0.25, -0.2) is 0 Å². The van der Waals surface area contributed by atoms with Crippen molar-refractivity contribution in [1.82, 2.24) is 10.3 Å². The lowest BCUT2D eigenvalue weighted by atomic mass is 10.1. The highest BCUT2D eigenvalue weighted by molar-refractivity contribution is 5.82. The first-order chi connectivity index (χ1) is 8.62. The van der Waals surface area contributed by atoms with Gasteiger partial charge in [-0.15, -0.1) is 0 Å². The van der Waals surface area contributed by atoms with Crippen LogP contribution < -0.4 is 5.32 Å². The second-order valence-electron chi connectivity index (χ2n) is 5.15. The second kappa shape index (κ2) is 5.55. The molecule has 3 heteroatoms. The topological polar surface area (TPSA) is 37.0 Å². The Morgan fingerprint density at radius 2 is 2.11 bits per heavy atom. The van der Waals surface area contributed by atoms with Crippen molar-refractivity contribution in [3.05, 3.63) is 36.0 Å². The van der Waals surface area contributed by atoms with E-state index in [0.717, 1.165) is 19.7 Å². The van der Waals surface area contributed by atoms with Gasteiger partial charge in [0.05, 0.1) is 5.60 Å². The third-order valence-corrected chi connectivity index (χ3v) is 3.09. The molecular weight excluding hydrogens is 224 g/mol. The average molecular weight is 246 g/mol. The molecule has 0 unspecified atom stereocenters. The smallest absolute Gasteiger partial charge is 0.0750 e. The lowest BCUT2D eigenvalue weighted by molar-refractivity contribution is -0.00895. The summed E-state index contributed by atoms with van der Waals surface area (Å²) in [5.74, 6) is 0. The average Bonchev–Trinajstić information content (AvgIpc) is 2.77. The summed E-state index contributed by atoms with van der Waals surface area (Å²) in [5.41, 5.74) is 2.40. The van der Waals surface area contributed by atoms with Gasteiger partial charge in [0.25, 0.3) is 0 Å². The SMILES string of the molecule is CCOC(C)(C)CNCc1cccc2[nH]ccc12. The van der Waals surface area contributed by atoms with Crippen molar-refractivity contribution in [3.63, 3.8) is 0 Å². The number of fused-ring (bicyclic) bond motifs is 1. The number of ether oxygens (including phenoxy) is 1. The summed E-state index contributed by atoms with van der Waals surface area (Å²) in [6.45, 7) is 8.72. The third-order valence-electron chi connectivity index (χ3n) is 3.09. The van der Waals surface area contributed by atoms with Crippen LogP contribution in [-0.2, 0) is 11.3 Å². The zero-order chi connectivity index (χ0) is 13.0. The van der Waals surface area contributed by atoms with Crippen LogP contribution in [-0.4, -0.2) is 23.7 Å². The molecule has 2 rings (SSSR count). The molecule has 0 saturated carbocycles. The molecule has 98 valence electrons. The fraction of sp³-hybridized carbons (Fsp3) is 0.467. The summed E-state index contributed by atoms with van der Waals surface area (Å²) in [5, 5.41) is 4.76. The van der Waals surface area contributed by atoms with Crippen LogP contribution in [0, 0.1) is 0 Å². The van der Waals surface area contributed by atoms with E-state index in [4.69, 9.17) is 4.74 Å². The van der Waals surface area contributed by atoms with E-state index < -0.39 is 0 Å². The standard InChI is InChI=1S/C15H22N2O/c1-4-18-15(2,3)11-16-10-12-6-5-7-14-13(12)8-9-17-14/h5-9,16-17H,4,10-11H2,1-3H3. The lowest BCUT2D eigenvalue weighted by Crippen LogP contribution is -2.37. The van der Waals surface area contributed by atoms with Crippen molar-refractivity contribution < 1.29 is 4.74 Å². The number of nitrogens with one attached hydrogen (secondary N) is 2. The van der Waals surface area contributed by atoms with E-state index in [1.807, 2.05) is 13.1 Å². The lowest BCUT2D eigenvalue weighted by Gasteiger charge is -2.25. The molecule has 3 nitrogen and oxygen atoms in total. The Hall–Kier alpha value is -1.32. The van der Waals surface area contributed by atoms with Crippen molar-refractivity contribution in [1.29, 1.82) is 0 Å². The van der Waals surface area contributed by atoms with Gasteiger partial charge < -0.3 is 15.0 Å². The van der Waals surface area contributed by atoms with Crippen molar-refractivity contribution in [3.8, 4) is 0 Å². The fourth-order valence-corrected chi connectivity index (χ4v) is 2.24. The first kappa shape index (κ1) is 13.1. The molecule has 0 bridgehead atoms. The van der Waals surface area contributed by atoms with Crippen molar-refractivity contribution in [2.24, 2.45) is 0 Å². The maximum absolute atomic E-state index is 5.67. The van der Waals surface area contributed by atoms with Gasteiger partial charge in [-0.1, -0.05) is 12.1 Å². The first-order valence-electron chi connectivity index (χ1n) is 6.52. The number of aromatic amines is 1. The van der Waals surface area contributed by atoms with Crippen LogP contribution in [0.2, 0.25) is 0 Å². The molecule has 0 atom stereocenters. The Balaban J connectivity index is 1.96. The molecule has 1 heterocycles. The maximum atomic E-state index is 5.67. The first-order valence-corrected chi connectivity index (χ1v) is 6.52. The van der Waals surface area contributed by atoms with Gasteiger partial charge in [0.2, 0.25) is 0 Å². The monoisotopic (exact) mass is 246 g/mol. The number of rotatable bonds is 6. The van der Waals surface area contributed by atoms with E-state index in [9.17, 15) is 0 Å². The van der Waals surface area contributed by atoms with Gasteiger partial charge >= 0.3 is 0 Å². The number of hydrogen-bond acceptors (Lipinski definition) is 2. The number of benzene rings is 1. The number of aromatic nitrogens is 1. The van der Waals surface area contributed by atoms with Gasteiger partial charge in [-0.3, -0.25) is 0 Å². The third kappa shape index (κ3) is 3.12. The molecule has 0 amide bonds. The van der Waals surface area contributed by atoms with Gasteiger partial charge in [0, 0.05) is 36.8 Å². The predicted molar refractivity (Wildman–Crippen MR) is 75.7 cm³/mol.